The summed E-state index contributed by atoms with van der Waals surface area (Å²) in [6.07, 6.45) is -10.2. The lowest BCUT2D eigenvalue weighted by atomic mass is 9.85. The maximum Gasteiger partial charge on any atom is 0.421 e. The zero-order valence-electron chi connectivity index (χ0n) is 17.5. The summed E-state index contributed by atoms with van der Waals surface area (Å²) in [4.78, 5) is 13.2. The number of aryl methyl sites for hydroxylation is 2. The zero-order chi connectivity index (χ0) is 25.0. The Labute approximate surface area is 179 Å². The fourth-order valence-corrected chi connectivity index (χ4v) is 3.24. The number of carbonyl (C=O) groups excluding carboxylic acids is 1. The summed E-state index contributed by atoms with van der Waals surface area (Å²) < 4.78 is 79.9. The average molecular weight is 464 g/mol. The van der Waals surface area contributed by atoms with Crippen molar-refractivity contribution in [3.05, 3.63) is 57.6 Å². The van der Waals surface area contributed by atoms with Crippen molar-refractivity contribution in [3.8, 4) is 0 Å². The Hall–Kier alpha value is -2.79. The minimum absolute atomic E-state index is 0.134. The fourth-order valence-electron chi connectivity index (χ4n) is 3.24. The quantitative estimate of drug-likeness (QED) is 0.308. The van der Waals surface area contributed by atoms with E-state index in [2.05, 4.69) is 0 Å². The standard InChI is InChI=1S/C21H22F6N2O3/c1-9-5-15(28)13(18(3,31)20(22,23)24)7-11(9)17(30)12-8-14(16(29)6-10(12)2)19(4,32)21(25,26)27/h5-8,31-32H,28-29H2,1-4H3. The number of aliphatic hydroxyl groups is 2. The van der Waals surface area contributed by atoms with Crippen LogP contribution in [0.1, 0.15) is 52.0 Å². The Morgan fingerprint density at radius 3 is 1.25 bits per heavy atom. The van der Waals surface area contributed by atoms with E-state index in [9.17, 15) is 41.4 Å². The highest BCUT2D eigenvalue weighted by atomic mass is 19.4. The van der Waals surface area contributed by atoms with Crippen LogP contribution in [0, 0.1) is 13.8 Å². The van der Waals surface area contributed by atoms with Crippen molar-refractivity contribution in [1.29, 1.82) is 0 Å². The van der Waals surface area contributed by atoms with Crippen molar-refractivity contribution in [2.45, 2.75) is 51.2 Å². The minimum atomic E-state index is -5.12. The van der Waals surface area contributed by atoms with Gasteiger partial charge in [-0.15, -0.1) is 0 Å². The highest BCUT2D eigenvalue weighted by Gasteiger charge is 2.53. The molecule has 2 unspecified atom stereocenters. The van der Waals surface area contributed by atoms with Crippen molar-refractivity contribution < 1.29 is 41.4 Å². The molecule has 0 heterocycles. The number of nitrogen functional groups attached to an aromatic ring is 2. The average Bonchev–Trinajstić information content (AvgIpc) is 2.58. The van der Waals surface area contributed by atoms with Crippen LogP contribution in [-0.2, 0) is 11.2 Å². The van der Waals surface area contributed by atoms with Gasteiger partial charge in [-0.3, -0.25) is 4.79 Å². The van der Waals surface area contributed by atoms with E-state index >= 15 is 0 Å². The molecule has 6 N–H and O–H groups in total. The number of carbonyl (C=O) groups is 1. The number of alkyl halides is 6. The molecule has 0 spiro atoms. The summed E-state index contributed by atoms with van der Waals surface area (Å²) in [5.41, 5.74) is 1.74. The number of anilines is 2. The predicted molar refractivity (Wildman–Crippen MR) is 106 cm³/mol. The smallest absolute Gasteiger partial charge is 0.398 e. The van der Waals surface area contributed by atoms with Gasteiger partial charge in [0.1, 0.15) is 0 Å². The Kier molecular flexibility index (Phi) is 6.10. The van der Waals surface area contributed by atoms with Crippen LogP contribution >= 0.6 is 0 Å². The van der Waals surface area contributed by atoms with Crippen LogP contribution in [-0.4, -0.2) is 28.3 Å². The number of nitrogens with two attached hydrogens (primary N) is 2. The lowest BCUT2D eigenvalue weighted by Crippen LogP contribution is -2.40. The molecule has 0 bridgehead atoms. The summed E-state index contributed by atoms with van der Waals surface area (Å²) in [6, 6.07) is 3.64. The van der Waals surface area contributed by atoms with Gasteiger partial charge < -0.3 is 21.7 Å². The van der Waals surface area contributed by atoms with Crippen LogP contribution in [0.3, 0.4) is 0 Å². The number of rotatable bonds is 4. The van der Waals surface area contributed by atoms with Gasteiger partial charge in [0.05, 0.1) is 0 Å². The molecule has 0 saturated carbocycles. The van der Waals surface area contributed by atoms with E-state index in [1.807, 2.05) is 0 Å². The highest BCUT2D eigenvalue weighted by molar-refractivity contribution is 6.11. The third-order valence-corrected chi connectivity index (χ3v) is 5.44. The van der Waals surface area contributed by atoms with Crippen molar-refractivity contribution in [2.75, 3.05) is 11.5 Å². The van der Waals surface area contributed by atoms with E-state index < -0.39 is 51.8 Å². The molecule has 0 aliphatic carbocycles. The summed E-state index contributed by atoms with van der Waals surface area (Å²) in [6.45, 7) is 3.68. The molecule has 0 fully saturated rings. The summed E-state index contributed by atoms with van der Waals surface area (Å²) >= 11 is 0. The van der Waals surface area contributed by atoms with Crippen LogP contribution in [0.5, 0.6) is 0 Å². The van der Waals surface area contributed by atoms with Gasteiger partial charge >= 0.3 is 12.4 Å². The topological polar surface area (TPSA) is 110 Å². The van der Waals surface area contributed by atoms with E-state index in [4.69, 9.17) is 11.5 Å². The SMILES string of the molecule is Cc1cc(N)c(C(C)(O)C(F)(F)F)cc1C(=O)c1cc(C(C)(O)C(F)(F)F)c(N)cc1C. The van der Waals surface area contributed by atoms with Crippen molar-refractivity contribution in [3.63, 3.8) is 0 Å². The molecule has 2 atom stereocenters. The van der Waals surface area contributed by atoms with Gasteiger partial charge in [-0.1, -0.05) is 0 Å². The number of ketones is 1. The van der Waals surface area contributed by atoms with Crippen LogP contribution < -0.4 is 11.5 Å². The summed E-state index contributed by atoms with van der Waals surface area (Å²) in [5.74, 6) is -0.932. The first-order valence-corrected chi connectivity index (χ1v) is 9.17. The predicted octanol–water partition coefficient (Wildman–Crippen LogP) is 4.24. The second kappa shape index (κ2) is 7.66. The van der Waals surface area contributed by atoms with Gasteiger partial charge in [-0.25, -0.2) is 0 Å². The lowest BCUT2D eigenvalue weighted by molar-refractivity contribution is -0.258. The van der Waals surface area contributed by atoms with Crippen molar-refractivity contribution in [2.24, 2.45) is 0 Å². The van der Waals surface area contributed by atoms with Crippen molar-refractivity contribution in [1.82, 2.24) is 0 Å². The van der Waals surface area contributed by atoms with Gasteiger partial charge in [-0.2, -0.15) is 26.3 Å². The molecular weight excluding hydrogens is 442 g/mol. The molecule has 2 aromatic carbocycles. The molecule has 32 heavy (non-hydrogen) atoms. The Morgan fingerprint density at radius 1 is 0.719 bits per heavy atom. The first-order valence-electron chi connectivity index (χ1n) is 9.17. The molecule has 176 valence electrons. The number of hydrogen-bond donors (Lipinski definition) is 4. The van der Waals surface area contributed by atoms with Gasteiger partial charge in [0.15, 0.2) is 17.0 Å². The third-order valence-electron chi connectivity index (χ3n) is 5.44. The second-order valence-electron chi connectivity index (χ2n) is 7.98. The molecule has 0 aliphatic heterocycles. The lowest BCUT2D eigenvalue weighted by Gasteiger charge is -2.29. The molecule has 2 aromatic rings. The molecule has 2 rings (SSSR count). The van der Waals surface area contributed by atoms with E-state index in [-0.39, 0.29) is 22.3 Å². The van der Waals surface area contributed by atoms with Gasteiger partial charge in [0.25, 0.3) is 0 Å². The molecule has 0 aliphatic rings. The van der Waals surface area contributed by atoms with Crippen LogP contribution in [0.2, 0.25) is 0 Å². The second-order valence-corrected chi connectivity index (χ2v) is 7.98. The molecule has 5 nitrogen and oxygen atoms in total. The van der Waals surface area contributed by atoms with Crippen LogP contribution in [0.4, 0.5) is 37.7 Å². The van der Waals surface area contributed by atoms with Gasteiger partial charge in [0.2, 0.25) is 0 Å². The zero-order valence-corrected chi connectivity index (χ0v) is 17.5. The number of halogens is 6. The molecule has 0 aromatic heterocycles. The normalized spacial score (nSPS) is 16.4. The molecule has 0 saturated heterocycles. The minimum Gasteiger partial charge on any atom is -0.398 e. The Bertz CT molecular complexity index is 989. The fraction of sp³-hybridized carbons (Fsp3) is 0.381. The highest BCUT2D eigenvalue weighted by Crippen LogP contribution is 2.43. The molecule has 0 amide bonds. The third kappa shape index (κ3) is 4.14. The van der Waals surface area contributed by atoms with Crippen molar-refractivity contribution >= 4 is 17.2 Å². The van der Waals surface area contributed by atoms with E-state index in [1.54, 1.807) is 0 Å². The first kappa shape index (κ1) is 25.5. The monoisotopic (exact) mass is 464 g/mol. The Morgan fingerprint density at radius 2 is 1.00 bits per heavy atom. The van der Waals surface area contributed by atoms with Crippen LogP contribution in [0.25, 0.3) is 0 Å². The number of hydrogen-bond acceptors (Lipinski definition) is 5. The van der Waals surface area contributed by atoms with Gasteiger partial charge in [0, 0.05) is 33.6 Å². The largest absolute Gasteiger partial charge is 0.421 e. The summed E-state index contributed by atoms with van der Waals surface area (Å²) in [7, 11) is 0. The number of benzene rings is 2. The molecular formula is C21H22F6N2O3. The molecule has 11 heteroatoms. The molecule has 0 radical (unpaired) electrons. The van der Waals surface area contributed by atoms with E-state index in [1.165, 1.54) is 13.8 Å². The first-order chi connectivity index (χ1) is 14.2. The Balaban J connectivity index is 2.74. The van der Waals surface area contributed by atoms with E-state index in [0.717, 1.165) is 24.3 Å². The maximum absolute atomic E-state index is 13.3. The van der Waals surface area contributed by atoms with Crippen LogP contribution in [0.15, 0.2) is 24.3 Å². The summed E-state index contributed by atoms with van der Waals surface area (Å²) in [5, 5.41) is 20.0. The maximum atomic E-state index is 13.3. The van der Waals surface area contributed by atoms with Gasteiger partial charge in [-0.05, 0) is 63.1 Å². The van der Waals surface area contributed by atoms with E-state index in [0.29, 0.717) is 13.8 Å².